The molecule has 7 heteroatoms. The summed E-state index contributed by atoms with van der Waals surface area (Å²) in [6, 6.07) is 1.33. The Morgan fingerprint density at radius 1 is 1.61 bits per heavy atom. The van der Waals surface area contributed by atoms with Gasteiger partial charge >= 0.3 is 5.97 Å². The second-order valence-corrected chi connectivity index (χ2v) is 4.85. The number of nitrogens with zero attached hydrogens (tertiary/aromatic N) is 2. The van der Waals surface area contributed by atoms with Crippen molar-refractivity contribution in [3.05, 3.63) is 21.8 Å². The summed E-state index contributed by atoms with van der Waals surface area (Å²) in [6.07, 6.45) is 0.0138. The first-order chi connectivity index (χ1) is 8.49. The summed E-state index contributed by atoms with van der Waals surface area (Å²) in [4.78, 5) is 17.2. The summed E-state index contributed by atoms with van der Waals surface area (Å²) in [5.41, 5.74) is -0.0184. The van der Waals surface area contributed by atoms with Crippen molar-refractivity contribution in [2.24, 2.45) is 0 Å². The summed E-state index contributed by atoms with van der Waals surface area (Å²) in [7, 11) is 0. The van der Waals surface area contributed by atoms with Crippen LogP contribution in [0.5, 0.6) is 0 Å². The van der Waals surface area contributed by atoms with E-state index in [0.717, 1.165) is 0 Å². The highest BCUT2D eigenvalue weighted by atomic mass is 35.5. The Balaban J connectivity index is 2.44. The van der Waals surface area contributed by atoms with Gasteiger partial charge in [0.25, 0.3) is 0 Å². The van der Waals surface area contributed by atoms with Gasteiger partial charge in [-0.3, -0.25) is 0 Å². The highest BCUT2D eigenvalue weighted by Crippen LogP contribution is 2.29. The standard InChI is InChI=1S/C11H12Cl2N2O3/c1-6-5-15(2-3-18-6)10-9(11(16)17)7(12)4-8(13)14-10/h4,6H,2-3,5H2,1H3,(H,16,17)/t6-/m1/s1. The van der Waals surface area contributed by atoms with E-state index in [1.165, 1.54) is 6.07 Å². The van der Waals surface area contributed by atoms with Gasteiger partial charge in [0.05, 0.1) is 17.7 Å². The predicted molar refractivity (Wildman–Crippen MR) is 68.8 cm³/mol. The third-order valence-electron chi connectivity index (χ3n) is 2.68. The third-order valence-corrected chi connectivity index (χ3v) is 3.17. The minimum atomic E-state index is -1.11. The van der Waals surface area contributed by atoms with Crippen LogP contribution >= 0.6 is 23.2 Å². The average Bonchev–Trinajstić information content (AvgIpc) is 2.27. The lowest BCUT2D eigenvalue weighted by Gasteiger charge is -2.32. The molecule has 1 N–H and O–H groups in total. The van der Waals surface area contributed by atoms with Crippen LogP contribution in [0.4, 0.5) is 5.82 Å². The first-order valence-electron chi connectivity index (χ1n) is 5.45. The zero-order valence-corrected chi connectivity index (χ0v) is 11.2. The number of anilines is 1. The van der Waals surface area contributed by atoms with E-state index in [2.05, 4.69) is 4.98 Å². The molecular formula is C11H12Cl2N2O3. The normalized spacial score (nSPS) is 19.9. The van der Waals surface area contributed by atoms with Gasteiger partial charge in [-0.1, -0.05) is 23.2 Å². The number of carboxylic acids is 1. The lowest BCUT2D eigenvalue weighted by molar-refractivity contribution is 0.0524. The summed E-state index contributed by atoms with van der Waals surface area (Å²) in [5, 5.41) is 9.48. The first-order valence-corrected chi connectivity index (χ1v) is 6.20. The van der Waals surface area contributed by atoms with Crippen molar-refractivity contribution in [3.63, 3.8) is 0 Å². The van der Waals surface area contributed by atoms with Gasteiger partial charge in [-0.2, -0.15) is 0 Å². The van der Waals surface area contributed by atoms with Crippen molar-refractivity contribution >= 4 is 35.0 Å². The number of morpholine rings is 1. The number of hydrogen-bond donors (Lipinski definition) is 1. The van der Waals surface area contributed by atoms with E-state index in [1.807, 2.05) is 11.8 Å². The molecule has 0 radical (unpaired) electrons. The van der Waals surface area contributed by atoms with Crippen LogP contribution in [0.1, 0.15) is 17.3 Å². The molecule has 1 aliphatic rings. The number of pyridine rings is 1. The number of hydrogen-bond acceptors (Lipinski definition) is 4. The molecule has 1 atom stereocenters. The fourth-order valence-electron chi connectivity index (χ4n) is 1.91. The van der Waals surface area contributed by atoms with Crippen molar-refractivity contribution in [3.8, 4) is 0 Å². The van der Waals surface area contributed by atoms with Crippen LogP contribution in [-0.4, -0.2) is 41.9 Å². The molecule has 0 aromatic carbocycles. The maximum atomic E-state index is 11.3. The molecule has 1 fully saturated rings. The van der Waals surface area contributed by atoms with Crippen LogP contribution in [0, 0.1) is 0 Å². The Morgan fingerprint density at radius 2 is 2.33 bits per heavy atom. The van der Waals surface area contributed by atoms with Crippen LogP contribution in [0.3, 0.4) is 0 Å². The largest absolute Gasteiger partial charge is 0.478 e. The van der Waals surface area contributed by atoms with Crippen molar-refractivity contribution in [2.75, 3.05) is 24.6 Å². The molecule has 1 saturated heterocycles. The maximum Gasteiger partial charge on any atom is 0.341 e. The Hall–Kier alpha value is -1.04. The van der Waals surface area contributed by atoms with E-state index in [1.54, 1.807) is 0 Å². The summed E-state index contributed by atoms with van der Waals surface area (Å²) < 4.78 is 5.41. The maximum absolute atomic E-state index is 11.3. The van der Waals surface area contributed by atoms with E-state index < -0.39 is 5.97 Å². The van der Waals surface area contributed by atoms with Crippen molar-refractivity contribution < 1.29 is 14.6 Å². The molecule has 98 valence electrons. The lowest BCUT2D eigenvalue weighted by Crippen LogP contribution is -2.42. The van der Waals surface area contributed by atoms with E-state index in [-0.39, 0.29) is 21.8 Å². The minimum absolute atomic E-state index is 0.0138. The monoisotopic (exact) mass is 290 g/mol. The van der Waals surface area contributed by atoms with E-state index in [4.69, 9.17) is 27.9 Å². The van der Waals surface area contributed by atoms with Gasteiger partial charge in [-0.25, -0.2) is 9.78 Å². The molecular weight excluding hydrogens is 279 g/mol. The highest BCUT2D eigenvalue weighted by Gasteiger charge is 2.25. The smallest absolute Gasteiger partial charge is 0.341 e. The molecule has 0 amide bonds. The van der Waals surface area contributed by atoms with Crippen LogP contribution in [0.15, 0.2) is 6.07 Å². The molecule has 0 aliphatic carbocycles. The van der Waals surface area contributed by atoms with E-state index in [9.17, 15) is 9.90 Å². The molecule has 1 aromatic rings. The summed E-state index contributed by atoms with van der Waals surface area (Å²) in [6.45, 7) is 3.56. The van der Waals surface area contributed by atoms with Crippen LogP contribution in [0.2, 0.25) is 10.2 Å². The van der Waals surface area contributed by atoms with Crippen LogP contribution in [-0.2, 0) is 4.74 Å². The molecule has 0 spiro atoms. The highest BCUT2D eigenvalue weighted by molar-refractivity contribution is 6.36. The number of aromatic carboxylic acids is 1. The van der Waals surface area contributed by atoms with E-state index >= 15 is 0 Å². The van der Waals surface area contributed by atoms with Gasteiger partial charge in [0.2, 0.25) is 0 Å². The van der Waals surface area contributed by atoms with E-state index in [0.29, 0.717) is 25.5 Å². The SMILES string of the molecule is C[C@@H]1CN(c2nc(Cl)cc(Cl)c2C(=O)O)CCO1. The molecule has 0 unspecified atom stereocenters. The minimum Gasteiger partial charge on any atom is -0.478 e. The van der Waals surface area contributed by atoms with Crippen molar-refractivity contribution in [1.82, 2.24) is 4.98 Å². The van der Waals surface area contributed by atoms with Gasteiger partial charge in [-0.05, 0) is 13.0 Å². The second-order valence-electron chi connectivity index (χ2n) is 4.06. The van der Waals surface area contributed by atoms with Crippen LogP contribution < -0.4 is 4.90 Å². The molecule has 18 heavy (non-hydrogen) atoms. The van der Waals surface area contributed by atoms with Gasteiger partial charge in [-0.15, -0.1) is 0 Å². The number of halogens is 2. The van der Waals surface area contributed by atoms with Gasteiger partial charge in [0, 0.05) is 13.1 Å². The van der Waals surface area contributed by atoms with Crippen molar-refractivity contribution in [1.29, 1.82) is 0 Å². The molecule has 2 rings (SSSR count). The zero-order valence-electron chi connectivity index (χ0n) is 9.69. The predicted octanol–water partition coefficient (Wildman–Crippen LogP) is 2.31. The fourth-order valence-corrected chi connectivity index (χ4v) is 2.42. The van der Waals surface area contributed by atoms with Gasteiger partial charge < -0.3 is 14.7 Å². The second kappa shape index (κ2) is 5.30. The fraction of sp³-hybridized carbons (Fsp3) is 0.455. The zero-order chi connectivity index (χ0) is 13.3. The van der Waals surface area contributed by atoms with Crippen LogP contribution in [0.25, 0.3) is 0 Å². The quantitative estimate of drug-likeness (QED) is 0.847. The number of carbonyl (C=O) groups is 1. The summed E-state index contributed by atoms with van der Waals surface area (Å²) >= 11 is 11.8. The summed E-state index contributed by atoms with van der Waals surface area (Å²) in [5.74, 6) is -0.812. The third kappa shape index (κ3) is 2.68. The topological polar surface area (TPSA) is 62.7 Å². The van der Waals surface area contributed by atoms with Crippen molar-refractivity contribution in [2.45, 2.75) is 13.0 Å². The van der Waals surface area contributed by atoms with Gasteiger partial charge in [0.1, 0.15) is 16.5 Å². The molecule has 2 heterocycles. The Labute approximate surface area is 114 Å². The molecule has 5 nitrogen and oxygen atoms in total. The Kier molecular flexibility index (Phi) is 3.94. The Bertz CT molecular complexity index is 482. The molecule has 1 aliphatic heterocycles. The number of aromatic nitrogens is 1. The van der Waals surface area contributed by atoms with Gasteiger partial charge in [0.15, 0.2) is 0 Å². The molecule has 1 aromatic heterocycles. The number of rotatable bonds is 2. The average molecular weight is 291 g/mol. The number of carboxylic acid groups (broad SMARTS) is 1. The number of ether oxygens (including phenoxy) is 1. The lowest BCUT2D eigenvalue weighted by atomic mass is 10.2. The first kappa shape index (κ1) is 13.4. The molecule has 0 bridgehead atoms. The Morgan fingerprint density at radius 3 is 2.94 bits per heavy atom. The molecule has 0 saturated carbocycles.